The minimum absolute atomic E-state index is 0.224. The lowest BCUT2D eigenvalue weighted by Crippen LogP contribution is -2.04. The number of rotatable bonds is 4. The van der Waals surface area contributed by atoms with Gasteiger partial charge >= 0.3 is 5.97 Å². The Kier molecular flexibility index (Phi) is 3.88. The van der Waals surface area contributed by atoms with E-state index in [9.17, 15) is 4.79 Å². The normalized spacial score (nSPS) is 10.7. The molecule has 0 atom stereocenters. The molecule has 0 amide bonds. The van der Waals surface area contributed by atoms with Crippen molar-refractivity contribution >= 4 is 17.7 Å². The second kappa shape index (κ2) is 5.17. The number of nitrogen functional groups attached to an aromatic ring is 1. The second-order valence-corrected chi connectivity index (χ2v) is 3.11. The maximum absolute atomic E-state index is 10.9. The summed E-state index contributed by atoms with van der Waals surface area (Å²) in [7, 11) is 1.82. The van der Waals surface area contributed by atoms with Crippen molar-refractivity contribution in [1.29, 1.82) is 0 Å². The first-order valence-corrected chi connectivity index (χ1v) is 4.59. The van der Waals surface area contributed by atoms with Crippen molar-refractivity contribution in [3.05, 3.63) is 35.4 Å². The minimum atomic E-state index is -0.966. The predicted molar refractivity (Wildman–Crippen MR) is 60.8 cm³/mol. The third-order valence-electron chi connectivity index (χ3n) is 1.93. The quantitative estimate of drug-likeness (QED) is 0.647. The van der Waals surface area contributed by atoms with Gasteiger partial charge in [0.1, 0.15) is 0 Å². The number of benzene rings is 1. The number of anilines is 1. The summed E-state index contributed by atoms with van der Waals surface area (Å²) in [5, 5.41) is 11.9. The van der Waals surface area contributed by atoms with Gasteiger partial charge in [-0.25, -0.2) is 4.79 Å². The van der Waals surface area contributed by atoms with Gasteiger partial charge in [-0.2, -0.15) is 0 Å². The van der Waals surface area contributed by atoms with E-state index < -0.39 is 5.97 Å². The molecule has 4 nitrogen and oxygen atoms in total. The molecule has 0 unspecified atom stereocenters. The zero-order chi connectivity index (χ0) is 11.3. The maximum atomic E-state index is 10.9. The van der Waals surface area contributed by atoms with Gasteiger partial charge < -0.3 is 16.2 Å². The molecule has 0 spiro atoms. The minimum Gasteiger partial charge on any atom is -0.478 e. The molecule has 0 saturated carbocycles. The Bertz CT molecular complexity index is 386. The Labute approximate surface area is 88.4 Å². The fourth-order valence-electron chi connectivity index (χ4n) is 1.21. The summed E-state index contributed by atoms with van der Waals surface area (Å²) >= 11 is 0. The highest BCUT2D eigenvalue weighted by molar-refractivity contribution is 5.93. The van der Waals surface area contributed by atoms with E-state index in [2.05, 4.69) is 5.32 Å². The third-order valence-corrected chi connectivity index (χ3v) is 1.93. The summed E-state index contributed by atoms with van der Waals surface area (Å²) in [5.74, 6) is -0.966. The SMILES string of the molecule is CNCC=Cc1ccc(N)cc1C(=O)O. The molecule has 80 valence electrons. The van der Waals surface area contributed by atoms with Crippen molar-refractivity contribution in [3.63, 3.8) is 0 Å². The smallest absolute Gasteiger partial charge is 0.336 e. The Balaban J connectivity index is 3.01. The molecular weight excluding hydrogens is 192 g/mol. The maximum Gasteiger partial charge on any atom is 0.336 e. The molecule has 0 radical (unpaired) electrons. The van der Waals surface area contributed by atoms with Crippen LogP contribution in [0.1, 0.15) is 15.9 Å². The van der Waals surface area contributed by atoms with Crippen molar-refractivity contribution < 1.29 is 9.90 Å². The standard InChI is InChI=1S/C11H14N2O2/c1-13-6-2-3-8-4-5-9(12)7-10(8)11(14)15/h2-5,7,13H,6,12H2,1H3,(H,14,15). The Morgan fingerprint density at radius 2 is 2.33 bits per heavy atom. The van der Waals surface area contributed by atoms with Crippen LogP contribution in [0.25, 0.3) is 6.08 Å². The molecule has 4 N–H and O–H groups in total. The van der Waals surface area contributed by atoms with Crippen LogP contribution in [0.4, 0.5) is 5.69 Å². The molecule has 0 aliphatic carbocycles. The van der Waals surface area contributed by atoms with Gasteiger partial charge in [0, 0.05) is 12.2 Å². The number of hydrogen-bond acceptors (Lipinski definition) is 3. The zero-order valence-corrected chi connectivity index (χ0v) is 8.53. The summed E-state index contributed by atoms with van der Waals surface area (Å²) < 4.78 is 0. The average Bonchev–Trinajstić information content (AvgIpc) is 2.20. The van der Waals surface area contributed by atoms with Gasteiger partial charge in [-0.3, -0.25) is 0 Å². The molecule has 0 heterocycles. The van der Waals surface area contributed by atoms with E-state index in [0.29, 0.717) is 17.8 Å². The van der Waals surface area contributed by atoms with E-state index >= 15 is 0 Å². The van der Waals surface area contributed by atoms with Crippen LogP contribution in [0.5, 0.6) is 0 Å². The molecule has 1 rings (SSSR count). The van der Waals surface area contributed by atoms with Gasteiger partial charge in [0.15, 0.2) is 0 Å². The van der Waals surface area contributed by atoms with Gasteiger partial charge in [-0.15, -0.1) is 0 Å². The Morgan fingerprint density at radius 1 is 1.60 bits per heavy atom. The number of carboxylic acid groups (broad SMARTS) is 1. The first-order valence-electron chi connectivity index (χ1n) is 4.59. The molecule has 0 fully saturated rings. The van der Waals surface area contributed by atoms with Crippen molar-refractivity contribution in [2.24, 2.45) is 0 Å². The number of carboxylic acids is 1. The molecule has 0 saturated heterocycles. The molecule has 1 aromatic carbocycles. The van der Waals surface area contributed by atoms with E-state index in [1.165, 1.54) is 6.07 Å². The number of hydrogen-bond donors (Lipinski definition) is 3. The highest BCUT2D eigenvalue weighted by Crippen LogP contribution is 2.15. The monoisotopic (exact) mass is 206 g/mol. The van der Waals surface area contributed by atoms with Gasteiger partial charge in [0.2, 0.25) is 0 Å². The molecule has 0 aliphatic rings. The van der Waals surface area contributed by atoms with E-state index in [1.807, 2.05) is 13.1 Å². The zero-order valence-electron chi connectivity index (χ0n) is 8.53. The average molecular weight is 206 g/mol. The summed E-state index contributed by atoms with van der Waals surface area (Å²) in [6.45, 7) is 0.698. The highest BCUT2D eigenvalue weighted by Gasteiger charge is 2.07. The van der Waals surface area contributed by atoms with E-state index in [0.717, 1.165) is 0 Å². The molecule has 1 aromatic rings. The van der Waals surface area contributed by atoms with Crippen LogP contribution < -0.4 is 11.1 Å². The number of likely N-dealkylation sites (N-methyl/N-ethyl adjacent to an activating group) is 1. The summed E-state index contributed by atoms with van der Waals surface area (Å²) in [5.41, 5.74) is 6.86. The van der Waals surface area contributed by atoms with Crippen LogP contribution >= 0.6 is 0 Å². The largest absolute Gasteiger partial charge is 0.478 e. The molecule has 4 heteroatoms. The summed E-state index contributed by atoms with van der Waals surface area (Å²) in [6.07, 6.45) is 3.62. The fraction of sp³-hybridized carbons (Fsp3) is 0.182. The van der Waals surface area contributed by atoms with Crippen LogP contribution in [-0.4, -0.2) is 24.7 Å². The van der Waals surface area contributed by atoms with Crippen LogP contribution in [0.3, 0.4) is 0 Å². The predicted octanol–water partition coefficient (Wildman–Crippen LogP) is 1.20. The molecular formula is C11H14N2O2. The number of nitrogens with one attached hydrogen (secondary N) is 1. The fourth-order valence-corrected chi connectivity index (χ4v) is 1.21. The second-order valence-electron chi connectivity index (χ2n) is 3.11. The first-order chi connectivity index (χ1) is 7.15. The van der Waals surface area contributed by atoms with Gasteiger partial charge in [0.05, 0.1) is 5.56 Å². The summed E-state index contributed by atoms with van der Waals surface area (Å²) in [6, 6.07) is 4.85. The lowest BCUT2D eigenvalue weighted by atomic mass is 10.1. The van der Waals surface area contributed by atoms with Gasteiger partial charge in [-0.05, 0) is 24.7 Å². The van der Waals surface area contributed by atoms with Crippen LogP contribution in [0, 0.1) is 0 Å². The van der Waals surface area contributed by atoms with Gasteiger partial charge in [-0.1, -0.05) is 18.2 Å². The Morgan fingerprint density at radius 3 is 2.93 bits per heavy atom. The molecule has 0 bridgehead atoms. The van der Waals surface area contributed by atoms with Crippen molar-refractivity contribution in [3.8, 4) is 0 Å². The molecule has 15 heavy (non-hydrogen) atoms. The van der Waals surface area contributed by atoms with Crippen LogP contribution in [0.2, 0.25) is 0 Å². The lowest BCUT2D eigenvalue weighted by Gasteiger charge is -2.02. The number of aromatic carboxylic acids is 1. The van der Waals surface area contributed by atoms with Crippen molar-refractivity contribution in [2.75, 3.05) is 19.3 Å². The summed E-state index contributed by atoms with van der Waals surface area (Å²) in [4.78, 5) is 10.9. The third kappa shape index (κ3) is 3.11. The lowest BCUT2D eigenvalue weighted by molar-refractivity contribution is 0.0696. The Hall–Kier alpha value is -1.81. The van der Waals surface area contributed by atoms with Gasteiger partial charge in [0.25, 0.3) is 0 Å². The van der Waals surface area contributed by atoms with E-state index in [-0.39, 0.29) is 5.56 Å². The highest BCUT2D eigenvalue weighted by atomic mass is 16.4. The van der Waals surface area contributed by atoms with E-state index in [4.69, 9.17) is 10.8 Å². The van der Waals surface area contributed by atoms with Crippen LogP contribution in [0.15, 0.2) is 24.3 Å². The van der Waals surface area contributed by atoms with Crippen molar-refractivity contribution in [2.45, 2.75) is 0 Å². The number of nitrogens with two attached hydrogens (primary N) is 1. The molecule has 0 aliphatic heterocycles. The van der Waals surface area contributed by atoms with Crippen molar-refractivity contribution in [1.82, 2.24) is 5.32 Å². The topological polar surface area (TPSA) is 75.3 Å². The number of carbonyl (C=O) groups is 1. The van der Waals surface area contributed by atoms with E-state index in [1.54, 1.807) is 18.2 Å². The molecule has 0 aromatic heterocycles. The first kappa shape index (κ1) is 11.3. The van der Waals surface area contributed by atoms with Crippen LogP contribution in [-0.2, 0) is 0 Å².